The lowest BCUT2D eigenvalue weighted by Crippen LogP contribution is -2.31. The number of hydrogen-bond donors (Lipinski definition) is 2. The van der Waals surface area contributed by atoms with E-state index in [0.717, 1.165) is 5.69 Å². The summed E-state index contributed by atoms with van der Waals surface area (Å²) < 4.78 is 1.72. The Morgan fingerprint density at radius 3 is 2.76 bits per heavy atom. The Bertz CT molecular complexity index is 402. The van der Waals surface area contributed by atoms with Crippen molar-refractivity contribution in [3.8, 4) is 0 Å². The number of rotatable bonds is 5. The van der Waals surface area contributed by atoms with Crippen molar-refractivity contribution in [2.45, 2.75) is 33.4 Å². The first-order valence-electron chi connectivity index (χ1n) is 5.53. The fourth-order valence-corrected chi connectivity index (χ4v) is 1.81. The van der Waals surface area contributed by atoms with Crippen LogP contribution in [0.3, 0.4) is 0 Å². The van der Waals surface area contributed by atoms with E-state index in [1.165, 1.54) is 0 Å². The minimum atomic E-state index is -0.558. The molecule has 6 heteroatoms. The summed E-state index contributed by atoms with van der Waals surface area (Å²) in [6.45, 7) is 6.06. The lowest BCUT2D eigenvalue weighted by Gasteiger charge is -2.07. The molecular weight excluding hydrogens is 242 g/mol. The number of halogens is 1. The van der Waals surface area contributed by atoms with Crippen LogP contribution in [0.2, 0.25) is 0 Å². The van der Waals surface area contributed by atoms with Gasteiger partial charge in [-0.25, -0.2) is 0 Å². The Morgan fingerprint density at radius 2 is 2.24 bits per heavy atom. The molecule has 0 aliphatic rings. The molecule has 1 aromatic rings. The molecular formula is C11H18ClN3O2. The van der Waals surface area contributed by atoms with Gasteiger partial charge in [0.05, 0.1) is 23.9 Å². The number of aromatic nitrogens is 2. The van der Waals surface area contributed by atoms with Crippen LogP contribution in [0.4, 0.5) is 0 Å². The monoisotopic (exact) mass is 259 g/mol. The van der Waals surface area contributed by atoms with Crippen LogP contribution >= 0.6 is 11.6 Å². The molecule has 0 aromatic carbocycles. The van der Waals surface area contributed by atoms with E-state index in [-0.39, 0.29) is 12.5 Å². The van der Waals surface area contributed by atoms with Gasteiger partial charge in [0, 0.05) is 18.1 Å². The molecule has 0 saturated heterocycles. The Balaban J connectivity index is 2.86. The highest BCUT2D eigenvalue weighted by Gasteiger charge is 2.18. The van der Waals surface area contributed by atoms with E-state index in [4.69, 9.17) is 16.7 Å². The van der Waals surface area contributed by atoms with Gasteiger partial charge < -0.3 is 10.4 Å². The molecule has 0 aliphatic heterocycles. The second-order valence-corrected chi connectivity index (χ2v) is 4.39. The van der Waals surface area contributed by atoms with E-state index in [1.807, 2.05) is 6.92 Å². The normalized spacial score (nSPS) is 12.5. The molecule has 5 nitrogen and oxygen atoms in total. The zero-order valence-corrected chi connectivity index (χ0v) is 11.1. The van der Waals surface area contributed by atoms with Gasteiger partial charge >= 0.3 is 0 Å². The summed E-state index contributed by atoms with van der Waals surface area (Å²) >= 11 is 5.66. The molecule has 1 heterocycles. The number of nitrogens with one attached hydrogen (secondary N) is 1. The third-order valence-corrected chi connectivity index (χ3v) is 2.63. The van der Waals surface area contributed by atoms with Crippen molar-refractivity contribution in [2.24, 2.45) is 0 Å². The number of amides is 1. The number of alkyl halides is 1. The maximum Gasteiger partial charge on any atom is 0.255 e. The first-order valence-corrected chi connectivity index (χ1v) is 6.07. The van der Waals surface area contributed by atoms with Gasteiger partial charge in [-0.15, -0.1) is 11.6 Å². The summed E-state index contributed by atoms with van der Waals surface area (Å²) in [5.74, 6) is 0.248. The summed E-state index contributed by atoms with van der Waals surface area (Å²) in [6.07, 6.45) is -0.558. The number of nitrogens with zero attached hydrogens (tertiary/aromatic N) is 2. The topological polar surface area (TPSA) is 67.2 Å². The second kappa shape index (κ2) is 6.02. The van der Waals surface area contributed by atoms with Crippen molar-refractivity contribution >= 4 is 17.5 Å². The van der Waals surface area contributed by atoms with Gasteiger partial charge in [0.1, 0.15) is 0 Å². The fourth-order valence-electron chi connectivity index (χ4n) is 1.65. The van der Waals surface area contributed by atoms with Gasteiger partial charge in [-0.3, -0.25) is 9.48 Å². The maximum atomic E-state index is 11.9. The van der Waals surface area contributed by atoms with Crippen molar-refractivity contribution in [3.05, 3.63) is 17.0 Å². The molecule has 1 rings (SSSR count). The summed E-state index contributed by atoms with van der Waals surface area (Å²) in [7, 11) is 0. The van der Waals surface area contributed by atoms with E-state index in [9.17, 15) is 4.79 Å². The summed E-state index contributed by atoms with van der Waals surface area (Å²) in [6, 6.07) is 0. The van der Waals surface area contributed by atoms with E-state index in [0.29, 0.717) is 23.7 Å². The molecule has 1 atom stereocenters. The predicted molar refractivity (Wildman–Crippen MR) is 66.4 cm³/mol. The van der Waals surface area contributed by atoms with Crippen LogP contribution in [-0.2, 0) is 6.54 Å². The van der Waals surface area contributed by atoms with Crippen LogP contribution in [0.15, 0.2) is 0 Å². The highest BCUT2D eigenvalue weighted by Crippen LogP contribution is 2.12. The average Bonchev–Trinajstić information content (AvgIpc) is 2.52. The Morgan fingerprint density at radius 1 is 1.59 bits per heavy atom. The number of aliphatic hydroxyl groups is 1. The molecule has 1 aromatic heterocycles. The Labute approximate surface area is 106 Å². The molecule has 2 N–H and O–H groups in total. The lowest BCUT2D eigenvalue weighted by atomic mass is 10.2. The number of carbonyl (C=O) groups excluding carboxylic acids is 1. The van der Waals surface area contributed by atoms with E-state index < -0.39 is 6.10 Å². The summed E-state index contributed by atoms with van der Waals surface area (Å²) in [4.78, 5) is 11.9. The number of aliphatic hydroxyl groups excluding tert-OH is 1. The SMILES string of the molecule is Cc1nn(CCCl)c(C)c1C(=O)NCC(C)O. The van der Waals surface area contributed by atoms with Crippen molar-refractivity contribution in [3.63, 3.8) is 0 Å². The predicted octanol–water partition coefficient (Wildman–Crippen LogP) is 0.849. The third kappa shape index (κ3) is 3.44. The molecule has 0 saturated carbocycles. The van der Waals surface area contributed by atoms with Crippen molar-refractivity contribution in [2.75, 3.05) is 12.4 Å². The Hall–Kier alpha value is -1.07. The first kappa shape index (κ1) is 14.0. The standard InChI is InChI=1S/C11H18ClN3O2/c1-7(16)6-13-11(17)10-8(2)14-15(5-4-12)9(10)3/h7,16H,4-6H2,1-3H3,(H,13,17). The average molecular weight is 260 g/mol. The smallest absolute Gasteiger partial charge is 0.255 e. The summed E-state index contributed by atoms with van der Waals surface area (Å²) in [5.41, 5.74) is 2.04. The highest BCUT2D eigenvalue weighted by atomic mass is 35.5. The van der Waals surface area contributed by atoms with Crippen LogP contribution < -0.4 is 5.32 Å². The van der Waals surface area contributed by atoms with Crippen LogP contribution in [0.25, 0.3) is 0 Å². The van der Waals surface area contributed by atoms with Gasteiger partial charge in [-0.05, 0) is 20.8 Å². The van der Waals surface area contributed by atoms with E-state index >= 15 is 0 Å². The van der Waals surface area contributed by atoms with Crippen molar-refractivity contribution in [1.29, 1.82) is 0 Å². The van der Waals surface area contributed by atoms with Gasteiger partial charge in [0.15, 0.2) is 0 Å². The quantitative estimate of drug-likeness (QED) is 0.771. The zero-order chi connectivity index (χ0) is 13.0. The molecule has 0 spiro atoms. The van der Waals surface area contributed by atoms with Gasteiger partial charge in [0.2, 0.25) is 0 Å². The molecule has 1 amide bonds. The minimum absolute atomic E-state index is 0.207. The molecule has 17 heavy (non-hydrogen) atoms. The third-order valence-electron chi connectivity index (χ3n) is 2.46. The number of hydrogen-bond acceptors (Lipinski definition) is 3. The molecule has 0 aliphatic carbocycles. The molecule has 1 unspecified atom stereocenters. The molecule has 96 valence electrons. The van der Waals surface area contributed by atoms with Crippen LogP contribution in [-0.4, -0.2) is 39.3 Å². The zero-order valence-electron chi connectivity index (χ0n) is 10.3. The lowest BCUT2D eigenvalue weighted by molar-refractivity contribution is 0.0922. The van der Waals surface area contributed by atoms with Gasteiger partial charge in [-0.2, -0.15) is 5.10 Å². The minimum Gasteiger partial charge on any atom is -0.392 e. The van der Waals surface area contributed by atoms with E-state index in [1.54, 1.807) is 18.5 Å². The molecule has 0 radical (unpaired) electrons. The number of carbonyl (C=O) groups is 1. The second-order valence-electron chi connectivity index (χ2n) is 4.02. The fraction of sp³-hybridized carbons (Fsp3) is 0.636. The largest absolute Gasteiger partial charge is 0.392 e. The highest BCUT2D eigenvalue weighted by molar-refractivity contribution is 6.17. The van der Waals surface area contributed by atoms with Crippen molar-refractivity contribution in [1.82, 2.24) is 15.1 Å². The van der Waals surface area contributed by atoms with Crippen LogP contribution in [0, 0.1) is 13.8 Å². The first-order chi connectivity index (χ1) is 7.97. The number of aryl methyl sites for hydroxylation is 2. The van der Waals surface area contributed by atoms with Crippen molar-refractivity contribution < 1.29 is 9.90 Å². The molecule has 0 bridgehead atoms. The van der Waals surface area contributed by atoms with E-state index in [2.05, 4.69) is 10.4 Å². The Kier molecular flexibility index (Phi) is 4.96. The van der Waals surface area contributed by atoms with Gasteiger partial charge in [-0.1, -0.05) is 0 Å². The maximum absolute atomic E-state index is 11.9. The molecule has 0 fully saturated rings. The summed E-state index contributed by atoms with van der Waals surface area (Å²) in [5, 5.41) is 16.0. The van der Waals surface area contributed by atoms with Gasteiger partial charge in [0.25, 0.3) is 5.91 Å². The van der Waals surface area contributed by atoms with Crippen LogP contribution in [0.5, 0.6) is 0 Å². The van der Waals surface area contributed by atoms with Crippen LogP contribution in [0.1, 0.15) is 28.7 Å².